The first kappa shape index (κ1) is 19.2. The molecule has 0 amide bonds. The average Bonchev–Trinajstić information content (AvgIpc) is 3.30. The van der Waals surface area contributed by atoms with Crippen LogP contribution in [0.25, 0.3) is 0 Å². The molecule has 0 aliphatic carbocycles. The van der Waals surface area contributed by atoms with Gasteiger partial charge in [0, 0.05) is 0 Å². The van der Waals surface area contributed by atoms with Crippen LogP contribution in [0.2, 0.25) is 0 Å². The van der Waals surface area contributed by atoms with Crippen LogP contribution >= 0.6 is 22.7 Å². The monoisotopic (exact) mass is 366 g/mol. The maximum atomic E-state index is 12.9. The fourth-order valence-corrected chi connectivity index (χ4v) is 4.39. The Hall–Kier alpha value is -1.17. The van der Waals surface area contributed by atoms with E-state index in [0.717, 1.165) is 25.7 Å². The maximum Gasteiger partial charge on any atom is 0.349 e. The van der Waals surface area contributed by atoms with Gasteiger partial charge in [-0.25, -0.2) is 4.79 Å². The Labute approximate surface area is 152 Å². The minimum absolute atomic E-state index is 0.138. The van der Waals surface area contributed by atoms with E-state index in [1.54, 1.807) is 12.1 Å². The molecule has 0 radical (unpaired) electrons. The molecule has 0 saturated carbocycles. The molecule has 1 atom stereocenters. The van der Waals surface area contributed by atoms with Gasteiger partial charge in [-0.05, 0) is 42.2 Å². The van der Waals surface area contributed by atoms with Crippen molar-refractivity contribution in [2.24, 2.45) is 0 Å². The average molecular weight is 367 g/mol. The van der Waals surface area contributed by atoms with Crippen molar-refractivity contribution in [1.29, 1.82) is 0 Å². The van der Waals surface area contributed by atoms with E-state index >= 15 is 0 Å². The van der Waals surface area contributed by atoms with E-state index < -0.39 is 11.6 Å². The molecular weight excluding hydrogens is 340 g/mol. The number of carbonyl (C=O) groups excluding carboxylic acids is 1. The lowest BCUT2D eigenvalue weighted by Crippen LogP contribution is -2.39. The lowest BCUT2D eigenvalue weighted by atomic mass is 9.99. The molecule has 1 unspecified atom stereocenters. The normalized spacial score (nSPS) is 13.0. The fraction of sp³-hybridized carbons (Fsp3) is 0.526. The second kappa shape index (κ2) is 9.35. The van der Waals surface area contributed by atoms with Crippen LogP contribution in [0.4, 0.5) is 0 Å². The lowest BCUT2D eigenvalue weighted by Gasteiger charge is -2.26. The topological polar surface area (TPSA) is 46.5 Å². The van der Waals surface area contributed by atoms with E-state index in [1.807, 2.05) is 29.8 Å². The fourth-order valence-electron chi connectivity index (χ4n) is 2.67. The van der Waals surface area contributed by atoms with Crippen LogP contribution in [0.3, 0.4) is 0 Å². The molecule has 132 valence electrons. The zero-order chi connectivity index (χ0) is 17.4. The van der Waals surface area contributed by atoms with Crippen LogP contribution in [-0.4, -0.2) is 17.2 Å². The smallest absolute Gasteiger partial charge is 0.349 e. The molecule has 0 aliphatic heterocycles. The SMILES string of the molecule is CCCCCCC(CC)OC(=O)C(O)(c1cccs1)c1cccs1. The Balaban J connectivity index is 2.11. The Morgan fingerprint density at radius 3 is 2.21 bits per heavy atom. The predicted octanol–water partition coefficient (Wildman–Crippen LogP) is 5.34. The minimum Gasteiger partial charge on any atom is -0.460 e. The highest BCUT2D eigenvalue weighted by Gasteiger charge is 2.44. The minimum atomic E-state index is -1.70. The maximum absolute atomic E-state index is 12.9. The molecule has 0 saturated heterocycles. The summed E-state index contributed by atoms with van der Waals surface area (Å²) in [5, 5.41) is 14.9. The first-order chi connectivity index (χ1) is 11.6. The number of thiophene rings is 2. The van der Waals surface area contributed by atoms with Gasteiger partial charge in [0.2, 0.25) is 5.60 Å². The highest BCUT2D eigenvalue weighted by molar-refractivity contribution is 7.12. The number of hydrogen-bond acceptors (Lipinski definition) is 5. The van der Waals surface area contributed by atoms with Crippen LogP contribution in [0.1, 0.15) is 62.1 Å². The van der Waals surface area contributed by atoms with Gasteiger partial charge in [-0.2, -0.15) is 0 Å². The van der Waals surface area contributed by atoms with Crippen LogP contribution in [0, 0.1) is 0 Å². The lowest BCUT2D eigenvalue weighted by molar-refractivity contribution is -0.167. The molecular formula is C19H26O3S2. The molecule has 2 aromatic rings. The van der Waals surface area contributed by atoms with Gasteiger partial charge in [0.1, 0.15) is 6.10 Å². The van der Waals surface area contributed by atoms with Crippen molar-refractivity contribution in [3.63, 3.8) is 0 Å². The summed E-state index contributed by atoms with van der Waals surface area (Å²) in [5.41, 5.74) is -1.70. The second-order valence-electron chi connectivity index (χ2n) is 5.95. The summed E-state index contributed by atoms with van der Waals surface area (Å²) in [4.78, 5) is 14.1. The number of hydrogen-bond donors (Lipinski definition) is 1. The third kappa shape index (κ3) is 4.47. The Morgan fingerprint density at radius 1 is 1.12 bits per heavy atom. The molecule has 24 heavy (non-hydrogen) atoms. The first-order valence-electron chi connectivity index (χ1n) is 8.64. The molecule has 2 rings (SSSR count). The summed E-state index contributed by atoms with van der Waals surface area (Å²) >= 11 is 2.74. The number of rotatable bonds is 10. The molecule has 0 aromatic carbocycles. The first-order valence-corrected chi connectivity index (χ1v) is 10.4. The van der Waals surface area contributed by atoms with E-state index in [0.29, 0.717) is 9.75 Å². The largest absolute Gasteiger partial charge is 0.460 e. The van der Waals surface area contributed by atoms with Crippen molar-refractivity contribution < 1.29 is 14.6 Å². The number of aliphatic hydroxyl groups is 1. The van der Waals surface area contributed by atoms with Crippen molar-refractivity contribution in [3.05, 3.63) is 44.8 Å². The van der Waals surface area contributed by atoms with E-state index in [2.05, 4.69) is 6.92 Å². The summed E-state index contributed by atoms with van der Waals surface area (Å²) in [5.74, 6) is -0.560. The zero-order valence-corrected chi connectivity index (χ0v) is 16.0. The Morgan fingerprint density at radius 2 is 1.75 bits per heavy atom. The van der Waals surface area contributed by atoms with Crippen molar-refractivity contribution in [2.75, 3.05) is 0 Å². The quantitative estimate of drug-likeness (QED) is 0.456. The van der Waals surface area contributed by atoms with Crippen LogP contribution < -0.4 is 0 Å². The van der Waals surface area contributed by atoms with Gasteiger partial charge in [-0.3, -0.25) is 0 Å². The van der Waals surface area contributed by atoms with Gasteiger partial charge in [-0.1, -0.05) is 45.2 Å². The third-order valence-electron chi connectivity index (χ3n) is 4.16. The molecule has 1 N–H and O–H groups in total. The Bertz CT molecular complexity index is 556. The van der Waals surface area contributed by atoms with Gasteiger partial charge >= 0.3 is 5.97 Å². The third-order valence-corrected chi connectivity index (χ3v) is 6.12. The number of unbranched alkanes of at least 4 members (excludes halogenated alkanes) is 3. The van der Waals surface area contributed by atoms with Crippen molar-refractivity contribution in [3.8, 4) is 0 Å². The van der Waals surface area contributed by atoms with Crippen molar-refractivity contribution in [1.82, 2.24) is 0 Å². The summed E-state index contributed by atoms with van der Waals surface area (Å²) in [6.45, 7) is 4.20. The molecule has 0 bridgehead atoms. The molecule has 0 fully saturated rings. The van der Waals surface area contributed by atoms with Gasteiger partial charge < -0.3 is 9.84 Å². The van der Waals surface area contributed by atoms with Gasteiger partial charge in [0.25, 0.3) is 0 Å². The molecule has 2 aromatic heterocycles. The summed E-state index contributed by atoms with van der Waals surface area (Å²) in [7, 11) is 0. The summed E-state index contributed by atoms with van der Waals surface area (Å²) < 4.78 is 5.72. The van der Waals surface area contributed by atoms with E-state index in [-0.39, 0.29) is 6.10 Å². The van der Waals surface area contributed by atoms with Crippen LogP contribution in [0.15, 0.2) is 35.0 Å². The second-order valence-corrected chi connectivity index (χ2v) is 7.85. The van der Waals surface area contributed by atoms with E-state index in [9.17, 15) is 9.90 Å². The van der Waals surface area contributed by atoms with Gasteiger partial charge in [0.05, 0.1) is 9.75 Å². The van der Waals surface area contributed by atoms with E-state index in [4.69, 9.17) is 4.74 Å². The van der Waals surface area contributed by atoms with Crippen LogP contribution in [0.5, 0.6) is 0 Å². The van der Waals surface area contributed by atoms with E-state index in [1.165, 1.54) is 35.5 Å². The van der Waals surface area contributed by atoms with Crippen molar-refractivity contribution >= 4 is 28.6 Å². The number of ether oxygens (including phenoxy) is 1. The highest BCUT2D eigenvalue weighted by Crippen LogP contribution is 2.37. The van der Waals surface area contributed by atoms with Crippen molar-refractivity contribution in [2.45, 2.75) is 64.1 Å². The molecule has 0 spiro atoms. The standard InChI is InChI=1S/C19H26O3S2/c1-3-5-6-7-10-15(4-2)22-18(20)19(21,16-11-8-13-23-16)17-12-9-14-24-17/h8-9,11-15,21H,3-7,10H2,1-2H3. The highest BCUT2D eigenvalue weighted by atomic mass is 32.1. The van der Waals surface area contributed by atoms with Crippen LogP contribution in [-0.2, 0) is 15.1 Å². The molecule has 5 heteroatoms. The summed E-state index contributed by atoms with van der Waals surface area (Å²) in [6, 6.07) is 7.25. The zero-order valence-electron chi connectivity index (χ0n) is 14.4. The van der Waals surface area contributed by atoms with Gasteiger partial charge in [0.15, 0.2) is 0 Å². The predicted molar refractivity (Wildman–Crippen MR) is 101 cm³/mol. The number of carbonyl (C=O) groups is 1. The Kier molecular flexibility index (Phi) is 7.46. The molecule has 0 aliphatic rings. The molecule has 3 nitrogen and oxygen atoms in total. The molecule has 2 heterocycles. The van der Waals surface area contributed by atoms with Gasteiger partial charge in [-0.15, -0.1) is 22.7 Å². The summed E-state index contributed by atoms with van der Waals surface area (Å²) in [6.07, 6.45) is 6.09. The number of esters is 1.